The molecule has 0 aliphatic carbocycles. The van der Waals surface area contributed by atoms with Crippen molar-refractivity contribution in [3.8, 4) is 11.5 Å². The summed E-state index contributed by atoms with van der Waals surface area (Å²) in [6, 6.07) is 10.5. The van der Waals surface area contributed by atoms with Crippen LogP contribution in [0.4, 0.5) is 5.69 Å². The third-order valence-corrected chi connectivity index (χ3v) is 5.05. The van der Waals surface area contributed by atoms with Crippen LogP contribution in [0.15, 0.2) is 47.4 Å². The maximum atomic E-state index is 12.6. The standard InChI is InChI=1S/C14H11NO5S/c1-15-10-4-2-3-5-11(10)20-12-7-6-9(14(16)17)8-13(12)21(15,18)19/h2-8H,1H3,(H,16,17). The molecule has 1 N–H and O–H groups in total. The fraction of sp³-hybridized carbons (Fsp3) is 0.0714. The molecule has 1 aliphatic rings. The van der Waals surface area contributed by atoms with Crippen molar-refractivity contribution in [3.05, 3.63) is 48.0 Å². The van der Waals surface area contributed by atoms with Crippen LogP contribution in [0.3, 0.4) is 0 Å². The zero-order valence-electron chi connectivity index (χ0n) is 11.0. The number of fused-ring (bicyclic) bond motifs is 2. The second-order valence-corrected chi connectivity index (χ2v) is 6.45. The summed E-state index contributed by atoms with van der Waals surface area (Å²) in [6.07, 6.45) is 0. The van der Waals surface area contributed by atoms with E-state index in [1.165, 1.54) is 19.2 Å². The van der Waals surface area contributed by atoms with Crippen molar-refractivity contribution in [3.63, 3.8) is 0 Å². The van der Waals surface area contributed by atoms with Gasteiger partial charge in [0.05, 0.1) is 11.3 Å². The molecule has 0 amide bonds. The molecule has 3 rings (SSSR count). The fourth-order valence-electron chi connectivity index (χ4n) is 2.13. The lowest BCUT2D eigenvalue weighted by atomic mass is 10.2. The van der Waals surface area contributed by atoms with Crippen molar-refractivity contribution in [2.75, 3.05) is 11.4 Å². The van der Waals surface area contributed by atoms with Crippen molar-refractivity contribution in [2.45, 2.75) is 4.90 Å². The molecule has 0 saturated heterocycles. The zero-order chi connectivity index (χ0) is 15.2. The molecule has 0 fully saturated rings. The van der Waals surface area contributed by atoms with E-state index in [2.05, 4.69) is 0 Å². The molecule has 7 heteroatoms. The van der Waals surface area contributed by atoms with Crippen molar-refractivity contribution in [1.29, 1.82) is 0 Å². The van der Waals surface area contributed by atoms with Gasteiger partial charge in [0.1, 0.15) is 10.6 Å². The zero-order valence-corrected chi connectivity index (χ0v) is 11.8. The Hall–Kier alpha value is -2.54. The third-order valence-electron chi connectivity index (χ3n) is 3.25. The summed E-state index contributed by atoms with van der Waals surface area (Å²) in [5.41, 5.74) is 0.283. The fourth-order valence-corrected chi connectivity index (χ4v) is 3.47. The van der Waals surface area contributed by atoms with E-state index < -0.39 is 16.0 Å². The number of anilines is 1. The van der Waals surface area contributed by atoms with E-state index in [1.54, 1.807) is 24.3 Å². The van der Waals surface area contributed by atoms with Gasteiger partial charge >= 0.3 is 5.97 Å². The number of carboxylic acid groups (broad SMARTS) is 1. The molecule has 1 heterocycles. The number of nitrogens with zero attached hydrogens (tertiary/aromatic N) is 1. The summed E-state index contributed by atoms with van der Waals surface area (Å²) in [6.45, 7) is 0. The predicted molar refractivity (Wildman–Crippen MR) is 75.5 cm³/mol. The highest BCUT2D eigenvalue weighted by atomic mass is 32.2. The van der Waals surface area contributed by atoms with Crippen molar-refractivity contribution in [2.24, 2.45) is 0 Å². The molecule has 108 valence electrons. The number of carbonyl (C=O) groups is 1. The quantitative estimate of drug-likeness (QED) is 0.874. The Morgan fingerprint density at radius 1 is 1.14 bits per heavy atom. The van der Waals surface area contributed by atoms with Crippen LogP contribution in [-0.2, 0) is 10.0 Å². The first-order valence-electron chi connectivity index (χ1n) is 6.04. The molecular weight excluding hydrogens is 294 g/mol. The first-order chi connectivity index (χ1) is 9.91. The minimum Gasteiger partial charge on any atom is -0.478 e. The lowest BCUT2D eigenvalue weighted by Crippen LogP contribution is -2.25. The van der Waals surface area contributed by atoms with E-state index in [0.29, 0.717) is 11.4 Å². The van der Waals surface area contributed by atoms with E-state index in [9.17, 15) is 13.2 Å². The van der Waals surface area contributed by atoms with Gasteiger partial charge in [-0.2, -0.15) is 0 Å². The molecule has 0 saturated carbocycles. The maximum absolute atomic E-state index is 12.6. The van der Waals surface area contributed by atoms with Gasteiger partial charge in [-0.15, -0.1) is 0 Å². The van der Waals surface area contributed by atoms with Crippen molar-refractivity contribution < 1.29 is 23.1 Å². The Balaban J connectivity index is 2.30. The smallest absolute Gasteiger partial charge is 0.335 e. The van der Waals surface area contributed by atoms with Crippen LogP contribution in [0.2, 0.25) is 0 Å². The minimum atomic E-state index is -3.88. The number of rotatable bonds is 1. The first kappa shape index (κ1) is 13.4. The average Bonchev–Trinajstić information content (AvgIpc) is 2.54. The maximum Gasteiger partial charge on any atom is 0.335 e. The van der Waals surface area contributed by atoms with Gasteiger partial charge in [-0.25, -0.2) is 13.2 Å². The lowest BCUT2D eigenvalue weighted by Gasteiger charge is -2.17. The highest BCUT2D eigenvalue weighted by molar-refractivity contribution is 7.93. The first-order valence-corrected chi connectivity index (χ1v) is 7.48. The van der Waals surface area contributed by atoms with E-state index in [4.69, 9.17) is 9.84 Å². The third kappa shape index (κ3) is 2.02. The predicted octanol–water partition coefficient (Wildman–Crippen LogP) is 2.32. The van der Waals surface area contributed by atoms with Gasteiger partial charge in [0.2, 0.25) is 0 Å². The Labute approximate surface area is 121 Å². The molecule has 2 aromatic carbocycles. The van der Waals surface area contributed by atoms with E-state index in [0.717, 1.165) is 10.4 Å². The molecule has 0 aromatic heterocycles. The van der Waals surface area contributed by atoms with Gasteiger partial charge in [-0.3, -0.25) is 4.31 Å². The molecule has 21 heavy (non-hydrogen) atoms. The number of aromatic carboxylic acids is 1. The summed E-state index contributed by atoms with van der Waals surface area (Å²) in [5, 5.41) is 9.02. The summed E-state index contributed by atoms with van der Waals surface area (Å²) in [7, 11) is -2.48. The average molecular weight is 305 g/mol. The van der Waals surface area contributed by atoms with Crippen LogP contribution in [-0.4, -0.2) is 26.5 Å². The summed E-state index contributed by atoms with van der Waals surface area (Å²) >= 11 is 0. The van der Waals surface area contributed by atoms with E-state index in [-0.39, 0.29) is 16.2 Å². The van der Waals surface area contributed by atoms with Crippen LogP contribution in [0.25, 0.3) is 0 Å². The van der Waals surface area contributed by atoms with Gasteiger partial charge in [-0.1, -0.05) is 12.1 Å². The second-order valence-electron chi connectivity index (χ2n) is 4.51. The molecule has 0 bridgehead atoms. The van der Waals surface area contributed by atoms with Gasteiger partial charge < -0.3 is 9.84 Å². The minimum absolute atomic E-state index is 0.108. The van der Waals surface area contributed by atoms with Gasteiger partial charge in [0, 0.05) is 7.05 Å². The van der Waals surface area contributed by atoms with Gasteiger partial charge in [-0.05, 0) is 30.3 Å². The van der Waals surface area contributed by atoms with Crippen LogP contribution in [0, 0.1) is 0 Å². The monoisotopic (exact) mass is 305 g/mol. The molecule has 0 spiro atoms. The normalized spacial score (nSPS) is 15.4. The Morgan fingerprint density at radius 3 is 2.57 bits per heavy atom. The number of benzene rings is 2. The van der Waals surface area contributed by atoms with Crippen LogP contribution < -0.4 is 9.04 Å². The van der Waals surface area contributed by atoms with Crippen LogP contribution in [0.1, 0.15) is 10.4 Å². The van der Waals surface area contributed by atoms with Gasteiger partial charge in [0.15, 0.2) is 5.75 Å². The number of hydrogen-bond donors (Lipinski definition) is 1. The highest BCUT2D eigenvalue weighted by Gasteiger charge is 2.31. The van der Waals surface area contributed by atoms with E-state index in [1.807, 2.05) is 0 Å². The molecule has 6 nitrogen and oxygen atoms in total. The SMILES string of the molecule is CN1c2ccccc2Oc2ccc(C(=O)O)cc2S1(=O)=O. The number of ether oxygens (including phenoxy) is 1. The van der Waals surface area contributed by atoms with Gasteiger partial charge in [0.25, 0.3) is 10.0 Å². The number of para-hydroxylation sites is 2. The summed E-state index contributed by atoms with van der Waals surface area (Å²) in [4.78, 5) is 10.9. The number of carboxylic acids is 1. The van der Waals surface area contributed by atoms with Crippen molar-refractivity contribution in [1.82, 2.24) is 0 Å². The Morgan fingerprint density at radius 2 is 1.86 bits per heavy atom. The summed E-state index contributed by atoms with van der Waals surface area (Å²) in [5.74, 6) is -0.695. The molecule has 0 radical (unpaired) electrons. The van der Waals surface area contributed by atoms with E-state index >= 15 is 0 Å². The molecule has 0 atom stereocenters. The second kappa shape index (κ2) is 4.49. The number of hydrogen-bond acceptors (Lipinski definition) is 4. The highest BCUT2D eigenvalue weighted by Crippen LogP contribution is 2.41. The van der Waals surface area contributed by atoms with Crippen LogP contribution in [0.5, 0.6) is 11.5 Å². The summed E-state index contributed by atoms with van der Waals surface area (Å²) < 4.78 is 31.9. The topological polar surface area (TPSA) is 83.9 Å². The largest absolute Gasteiger partial charge is 0.478 e. The molecular formula is C14H11NO5S. The molecule has 2 aromatic rings. The Bertz CT molecular complexity index is 844. The molecule has 0 unspecified atom stereocenters. The van der Waals surface area contributed by atoms with Crippen molar-refractivity contribution >= 4 is 21.7 Å². The van der Waals surface area contributed by atoms with Crippen LogP contribution >= 0.6 is 0 Å². The Kier molecular flexibility index (Phi) is 2.87. The molecule has 1 aliphatic heterocycles. The number of sulfonamides is 1. The lowest BCUT2D eigenvalue weighted by molar-refractivity contribution is 0.0696.